The molecule has 122 valence electrons. The zero-order valence-electron chi connectivity index (χ0n) is 13.4. The lowest BCUT2D eigenvalue weighted by Crippen LogP contribution is -2.42. The van der Waals surface area contributed by atoms with Crippen molar-refractivity contribution in [3.05, 3.63) is 5.01 Å². The van der Waals surface area contributed by atoms with Crippen LogP contribution >= 0.6 is 11.3 Å². The smallest absolute Gasteiger partial charge is 0.231 e. The van der Waals surface area contributed by atoms with Crippen molar-refractivity contribution in [2.45, 2.75) is 46.3 Å². The predicted octanol–water partition coefficient (Wildman–Crippen LogP) is 1.66. The Bertz CT molecular complexity index is 553. The third-order valence-electron chi connectivity index (χ3n) is 3.43. The van der Waals surface area contributed by atoms with E-state index in [2.05, 4.69) is 15.5 Å². The molecule has 2 heterocycles. The highest BCUT2D eigenvalue weighted by Crippen LogP contribution is 2.27. The number of amides is 2. The molecule has 1 aromatic heterocycles. The van der Waals surface area contributed by atoms with Crippen LogP contribution in [0, 0.1) is 5.92 Å². The van der Waals surface area contributed by atoms with Gasteiger partial charge >= 0.3 is 0 Å². The summed E-state index contributed by atoms with van der Waals surface area (Å²) in [4.78, 5) is 26.0. The van der Waals surface area contributed by atoms with E-state index in [4.69, 9.17) is 4.74 Å². The van der Waals surface area contributed by atoms with Gasteiger partial charge in [0.2, 0.25) is 16.9 Å². The fraction of sp³-hybridized carbons (Fsp3) is 0.714. The number of carbonyl (C=O) groups excluding carboxylic acids is 2. The minimum absolute atomic E-state index is 0.0157. The Balaban J connectivity index is 1.93. The molecule has 0 unspecified atom stereocenters. The summed E-state index contributed by atoms with van der Waals surface area (Å²) in [5.41, 5.74) is -0.264. The third kappa shape index (κ3) is 4.01. The fourth-order valence-corrected chi connectivity index (χ4v) is 2.97. The number of ether oxygens (including phenoxy) is 1. The van der Waals surface area contributed by atoms with Gasteiger partial charge in [-0.2, -0.15) is 0 Å². The SMILES string of the molecule is CCOCc1nnc(NC(=O)[C@H]2CC(=O)N(C(C)(C)C)C2)s1. The van der Waals surface area contributed by atoms with Gasteiger partial charge < -0.3 is 15.0 Å². The number of rotatable bonds is 5. The predicted molar refractivity (Wildman–Crippen MR) is 83.4 cm³/mol. The van der Waals surface area contributed by atoms with Crippen LogP contribution in [0.3, 0.4) is 0 Å². The van der Waals surface area contributed by atoms with Gasteiger partial charge in [-0.25, -0.2) is 0 Å². The average Bonchev–Trinajstić information content (AvgIpc) is 3.02. The zero-order chi connectivity index (χ0) is 16.3. The Labute approximate surface area is 134 Å². The molecule has 1 aliphatic rings. The molecule has 7 nitrogen and oxygen atoms in total. The van der Waals surface area contributed by atoms with E-state index in [1.807, 2.05) is 27.7 Å². The van der Waals surface area contributed by atoms with E-state index in [9.17, 15) is 9.59 Å². The second kappa shape index (κ2) is 6.70. The van der Waals surface area contributed by atoms with Crippen LogP contribution in [-0.4, -0.2) is 45.6 Å². The van der Waals surface area contributed by atoms with Crippen LogP contribution in [0.5, 0.6) is 0 Å². The summed E-state index contributed by atoms with van der Waals surface area (Å²) in [6.45, 7) is 9.25. The second-order valence-electron chi connectivity index (χ2n) is 6.20. The maximum atomic E-state index is 12.3. The zero-order valence-corrected chi connectivity index (χ0v) is 14.2. The lowest BCUT2D eigenvalue weighted by molar-refractivity contribution is -0.131. The van der Waals surface area contributed by atoms with Crippen molar-refractivity contribution < 1.29 is 14.3 Å². The molecule has 0 aromatic carbocycles. The first-order chi connectivity index (χ1) is 10.3. The van der Waals surface area contributed by atoms with Gasteiger partial charge in [0, 0.05) is 25.1 Å². The third-order valence-corrected chi connectivity index (χ3v) is 4.24. The maximum Gasteiger partial charge on any atom is 0.231 e. The molecular weight excluding hydrogens is 304 g/mol. The Morgan fingerprint density at radius 2 is 2.18 bits per heavy atom. The number of likely N-dealkylation sites (tertiary alicyclic amines) is 1. The number of nitrogens with one attached hydrogen (secondary N) is 1. The highest BCUT2D eigenvalue weighted by Gasteiger charge is 2.39. The van der Waals surface area contributed by atoms with Crippen LogP contribution in [0.2, 0.25) is 0 Å². The summed E-state index contributed by atoms with van der Waals surface area (Å²) in [7, 11) is 0. The number of hydrogen-bond donors (Lipinski definition) is 1. The fourth-order valence-electron chi connectivity index (χ4n) is 2.29. The molecule has 22 heavy (non-hydrogen) atoms. The van der Waals surface area contributed by atoms with Crippen LogP contribution in [0.15, 0.2) is 0 Å². The molecule has 1 aliphatic heterocycles. The normalized spacial score (nSPS) is 18.8. The van der Waals surface area contributed by atoms with Crippen molar-refractivity contribution in [1.29, 1.82) is 0 Å². The molecule has 8 heteroatoms. The van der Waals surface area contributed by atoms with Crippen LogP contribution in [0.1, 0.15) is 39.1 Å². The quantitative estimate of drug-likeness (QED) is 0.889. The number of anilines is 1. The van der Waals surface area contributed by atoms with Crippen molar-refractivity contribution in [3.63, 3.8) is 0 Å². The van der Waals surface area contributed by atoms with Crippen molar-refractivity contribution in [1.82, 2.24) is 15.1 Å². The first-order valence-corrected chi connectivity index (χ1v) is 8.14. The molecular formula is C14H22N4O3S. The van der Waals surface area contributed by atoms with Gasteiger partial charge in [0.15, 0.2) is 0 Å². The monoisotopic (exact) mass is 326 g/mol. The summed E-state index contributed by atoms with van der Waals surface area (Å²) in [6.07, 6.45) is 0.244. The number of hydrogen-bond acceptors (Lipinski definition) is 6. The van der Waals surface area contributed by atoms with Gasteiger partial charge in [0.1, 0.15) is 11.6 Å². The Kier molecular flexibility index (Phi) is 5.12. The summed E-state index contributed by atoms with van der Waals surface area (Å²) in [6, 6.07) is 0. The molecule has 2 amide bonds. The van der Waals surface area contributed by atoms with E-state index >= 15 is 0 Å². The largest absolute Gasteiger partial charge is 0.374 e. The van der Waals surface area contributed by atoms with Crippen molar-refractivity contribution in [2.24, 2.45) is 5.92 Å². The van der Waals surface area contributed by atoms with Gasteiger partial charge in [-0.3, -0.25) is 9.59 Å². The van der Waals surface area contributed by atoms with E-state index in [-0.39, 0.29) is 29.7 Å². The van der Waals surface area contributed by atoms with Gasteiger partial charge in [0.05, 0.1) is 5.92 Å². The number of carbonyl (C=O) groups is 2. The first-order valence-electron chi connectivity index (χ1n) is 7.32. The Morgan fingerprint density at radius 1 is 1.45 bits per heavy atom. The van der Waals surface area contributed by atoms with Crippen LogP contribution in [0.25, 0.3) is 0 Å². The molecule has 1 N–H and O–H groups in total. The minimum Gasteiger partial charge on any atom is -0.374 e. The highest BCUT2D eigenvalue weighted by molar-refractivity contribution is 7.15. The average molecular weight is 326 g/mol. The number of aromatic nitrogens is 2. The van der Waals surface area contributed by atoms with Gasteiger partial charge in [0.25, 0.3) is 0 Å². The van der Waals surface area contributed by atoms with Gasteiger partial charge in [-0.1, -0.05) is 11.3 Å². The lowest BCUT2D eigenvalue weighted by Gasteiger charge is -2.31. The molecule has 1 fully saturated rings. The molecule has 0 saturated carbocycles. The van der Waals surface area contributed by atoms with E-state index in [1.165, 1.54) is 11.3 Å². The lowest BCUT2D eigenvalue weighted by atomic mass is 10.1. The van der Waals surface area contributed by atoms with Crippen molar-refractivity contribution >= 4 is 28.3 Å². The maximum absolute atomic E-state index is 12.3. The molecule has 0 spiro atoms. The van der Waals surface area contributed by atoms with E-state index in [0.29, 0.717) is 24.9 Å². The summed E-state index contributed by atoms with van der Waals surface area (Å²) < 4.78 is 5.25. The van der Waals surface area contributed by atoms with E-state index in [0.717, 1.165) is 5.01 Å². The Morgan fingerprint density at radius 3 is 2.77 bits per heavy atom. The second-order valence-corrected chi connectivity index (χ2v) is 7.27. The standard InChI is InChI=1S/C14H22N4O3S/c1-5-21-8-10-16-17-13(22-10)15-12(20)9-6-11(19)18(7-9)14(2,3)4/h9H,5-8H2,1-4H3,(H,15,17,20)/t9-/m0/s1. The van der Waals surface area contributed by atoms with Gasteiger partial charge in [-0.05, 0) is 27.7 Å². The van der Waals surface area contributed by atoms with Gasteiger partial charge in [-0.15, -0.1) is 10.2 Å². The summed E-state index contributed by atoms with van der Waals surface area (Å²) in [5.74, 6) is -0.507. The van der Waals surface area contributed by atoms with E-state index in [1.54, 1.807) is 4.90 Å². The molecule has 2 rings (SSSR count). The molecule has 0 bridgehead atoms. The molecule has 1 aromatic rings. The van der Waals surface area contributed by atoms with Crippen molar-refractivity contribution in [2.75, 3.05) is 18.5 Å². The summed E-state index contributed by atoms with van der Waals surface area (Å²) >= 11 is 1.29. The molecule has 1 atom stereocenters. The topological polar surface area (TPSA) is 84.4 Å². The molecule has 0 radical (unpaired) electrons. The van der Waals surface area contributed by atoms with Crippen LogP contribution in [-0.2, 0) is 20.9 Å². The summed E-state index contributed by atoms with van der Waals surface area (Å²) in [5, 5.41) is 11.8. The first kappa shape index (κ1) is 16.8. The molecule has 0 aliphatic carbocycles. The highest BCUT2D eigenvalue weighted by atomic mass is 32.1. The van der Waals surface area contributed by atoms with Crippen LogP contribution in [0.4, 0.5) is 5.13 Å². The molecule has 1 saturated heterocycles. The number of nitrogens with zero attached hydrogens (tertiary/aromatic N) is 3. The minimum atomic E-state index is -0.342. The Hall–Kier alpha value is -1.54. The van der Waals surface area contributed by atoms with E-state index < -0.39 is 0 Å². The van der Waals surface area contributed by atoms with Crippen molar-refractivity contribution in [3.8, 4) is 0 Å². The van der Waals surface area contributed by atoms with Crippen LogP contribution < -0.4 is 5.32 Å².